The van der Waals surface area contributed by atoms with E-state index in [4.69, 9.17) is 33.7 Å². The quantitative estimate of drug-likeness (QED) is 0.830. The molecule has 1 aliphatic heterocycles. The van der Waals surface area contributed by atoms with Gasteiger partial charge < -0.3 is 10.5 Å². The first-order valence-electron chi connectivity index (χ1n) is 7.29. The number of nitriles is 2. The van der Waals surface area contributed by atoms with Gasteiger partial charge in [0.15, 0.2) is 5.76 Å². The molecule has 0 unspecified atom stereocenters. The van der Waals surface area contributed by atoms with Gasteiger partial charge in [-0.05, 0) is 12.1 Å². The van der Waals surface area contributed by atoms with Crippen LogP contribution in [0.1, 0.15) is 17.0 Å². The third-order valence-electron chi connectivity index (χ3n) is 3.86. The maximum Gasteiger partial charge on any atom is 0.205 e. The summed E-state index contributed by atoms with van der Waals surface area (Å²) in [7, 11) is 0. The Bertz CT molecular complexity index is 962. The normalized spacial score (nSPS) is 16.9. The number of nitrogens with two attached hydrogens (primary N) is 1. The molecule has 0 amide bonds. The molecule has 0 spiro atoms. The molecule has 1 aliphatic rings. The van der Waals surface area contributed by atoms with Crippen LogP contribution in [0.15, 0.2) is 65.6 Å². The number of hydrogen-bond donors (Lipinski definition) is 1. The fourth-order valence-corrected chi connectivity index (χ4v) is 3.37. The first-order valence-corrected chi connectivity index (χ1v) is 8.05. The molecule has 122 valence electrons. The highest BCUT2D eigenvalue weighted by molar-refractivity contribution is 6.36. The number of benzene rings is 2. The molecule has 0 saturated carbocycles. The van der Waals surface area contributed by atoms with Gasteiger partial charge in [0.05, 0.1) is 17.6 Å². The van der Waals surface area contributed by atoms with Gasteiger partial charge in [-0.3, -0.25) is 0 Å². The van der Waals surface area contributed by atoms with Crippen molar-refractivity contribution in [3.63, 3.8) is 0 Å². The van der Waals surface area contributed by atoms with Crippen LogP contribution in [0, 0.1) is 22.7 Å². The second-order valence-electron chi connectivity index (χ2n) is 5.28. The molecule has 2 aromatic carbocycles. The molecule has 0 bridgehead atoms. The lowest BCUT2D eigenvalue weighted by atomic mass is 9.82. The highest BCUT2D eigenvalue weighted by Gasteiger charge is 2.36. The van der Waals surface area contributed by atoms with Crippen LogP contribution in [-0.2, 0) is 4.74 Å². The zero-order chi connectivity index (χ0) is 18.0. The predicted octanol–water partition coefficient (Wildman–Crippen LogP) is 4.74. The van der Waals surface area contributed by atoms with Crippen molar-refractivity contribution in [1.29, 1.82) is 10.5 Å². The minimum atomic E-state index is -0.792. The van der Waals surface area contributed by atoms with Gasteiger partial charge in [0, 0.05) is 21.2 Å². The Morgan fingerprint density at radius 3 is 2.04 bits per heavy atom. The molecule has 25 heavy (non-hydrogen) atoms. The Morgan fingerprint density at radius 1 is 0.880 bits per heavy atom. The Balaban J connectivity index is 2.32. The predicted molar refractivity (Wildman–Crippen MR) is 96.1 cm³/mol. The van der Waals surface area contributed by atoms with E-state index in [9.17, 15) is 10.5 Å². The van der Waals surface area contributed by atoms with E-state index in [1.807, 2.05) is 24.3 Å². The van der Waals surface area contributed by atoms with E-state index in [0.29, 0.717) is 26.9 Å². The number of ether oxygens (including phenoxy) is 1. The lowest BCUT2D eigenvalue weighted by Crippen LogP contribution is -2.20. The van der Waals surface area contributed by atoms with Crippen LogP contribution < -0.4 is 5.73 Å². The minimum Gasteiger partial charge on any atom is -0.439 e. The summed E-state index contributed by atoms with van der Waals surface area (Å²) in [5, 5.41) is 20.0. The van der Waals surface area contributed by atoms with Gasteiger partial charge in [0.1, 0.15) is 11.6 Å². The molecule has 4 nitrogen and oxygen atoms in total. The van der Waals surface area contributed by atoms with Gasteiger partial charge in [-0.1, -0.05) is 59.6 Å². The molecular formula is C19H11Cl2N3O. The fraction of sp³-hybridized carbons (Fsp3) is 0.0526. The van der Waals surface area contributed by atoms with Crippen LogP contribution in [-0.4, -0.2) is 0 Å². The molecule has 1 heterocycles. The molecule has 0 fully saturated rings. The molecule has 0 aromatic heterocycles. The van der Waals surface area contributed by atoms with Crippen LogP contribution in [0.5, 0.6) is 0 Å². The molecular weight excluding hydrogens is 357 g/mol. The molecule has 3 rings (SSSR count). The zero-order valence-corrected chi connectivity index (χ0v) is 14.3. The van der Waals surface area contributed by atoms with Crippen molar-refractivity contribution >= 4 is 29.0 Å². The third kappa shape index (κ3) is 2.94. The van der Waals surface area contributed by atoms with Crippen LogP contribution >= 0.6 is 23.2 Å². The molecule has 0 aliphatic carbocycles. The van der Waals surface area contributed by atoms with E-state index in [0.717, 1.165) is 0 Å². The number of halogens is 2. The lowest BCUT2D eigenvalue weighted by molar-refractivity contribution is 0.357. The second kappa shape index (κ2) is 6.91. The number of nitrogens with zero attached hydrogens (tertiary/aromatic N) is 2. The van der Waals surface area contributed by atoms with Crippen LogP contribution in [0.4, 0.5) is 0 Å². The monoisotopic (exact) mass is 367 g/mol. The lowest BCUT2D eigenvalue weighted by Gasteiger charge is -2.27. The highest BCUT2D eigenvalue weighted by Crippen LogP contribution is 2.46. The maximum atomic E-state index is 9.79. The van der Waals surface area contributed by atoms with Gasteiger partial charge in [-0.25, -0.2) is 0 Å². The first kappa shape index (κ1) is 16.9. The Hall–Kier alpha value is -2.92. The van der Waals surface area contributed by atoms with Crippen molar-refractivity contribution in [3.8, 4) is 12.1 Å². The van der Waals surface area contributed by atoms with E-state index < -0.39 is 5.92 Å². The van der Waals surface area contributed by atoms with E-state index in [-0.39, 0.29) is 17.0 Å². The number of rotatable bonds is 2. The average Bonchev–Trinajstić information content (AvgIpc) is 2.62. The van der Waals surface area contributed by atoms with Crippen LogP contribution in [0.3, 0.4) is 0 Å². The Labute approximate surface area is 155 Å². The summed E-state index contributed by atoms with van der Waals surface area (Å²) in [5.41, 5.74) is 7.43. The van der Waals surface area contributed by atoms with Crippen LogP contribution in [0.25, 0.3) is 5.76 Å². The Kier molecular flexibility index (Phi) is 4.67. The highest BCUT2D eigenvalue weighted by atomic mass is 35.5. The smallest absolute Gasteiger partial charge is 0.205 e. The summed E-state index contributed by atoms with van der Waals surface area (Å²) < 4.78 is 5.62. The summed E-state index contributed by atoms with van der Waals surface area (Å²) in [6, 6.07) is 18.2. The van der Waals surface area contributed by atoms with E-state index in [1.54, 1.807) is 30.3 Å². The van der Waals surface area contributed by atoms with Crippen LogP contribution in [0.2, 0.25) is 10.0 Å². The topological polar surface area (TPSA) is 82.8 Å². The average molecular weight is 368 g/mol. The molecule has 0 radical (unpaired) electrons. The standard InChI is InChI=1S/C19H11Cl2N3O/c20-14-7-4-8-15(21)17(14)16-12(9-22)18(11-5-2-1-3-6-11)25-19(24)13(16)10-23/h1-8,16H,24H2/t16-/m1/s1. The molecule has 6 heteroatoms. The number of hydrogen-bond acceptors (Lipinski definition) is 4. The minimum absolute atomic E-state index is 0.0682. The van der Waals surface area contributed by atoms with Crippen molar-refractivity contribution in [2.75, 3.05) is 0 Å². The molecule has 0 saturated heterocycles. The summed E-state index contributed by atoms with van der Waals surface area (Å²) in [6.07, 6.45) is 0. The van der Waals surface area contributed by atoms with E-state index in [1.165, 1.54) is 0 Å². The Morgan fingerprint density at radius 2 is 1.48 bits per heavy atom. The molecule has 2 N–H and O–H groups in total. The SMILES string of the molecule is N#CC1=C(N)OC(c2ccccc2)=C(C#N)[C@H]1c1c(Cl)cccc1Cl. The van der Waals surface area contributed by atoms with E-state index >= 15 is 0 Å². The zero-order valence-electron chi connectivity index (χ0n) is 12.8. The van der Waals surface area contributed by atoms with Crippen molar-refractivity contribution in [3.05, 3.63) is 86.7 Å². The van der Waals surface area contributed by atoms with Gasteiger partial charge in [0.25, 0.3) is 0 Å². The first-order chi connectivity index (χ1) is 12.1. The summed E-state index contributed by atoms with van der Waals surface area (Å²) >= 11 is 12.6. The fourth-order valence-electron chi connectivity index (χ4n) is 2.75. The second-order valence-corrected chi connectivity index (χ2v) is 6.10. The summed E-state index contributed by atoms with van der Waals surface area (Å²) in [5.74, 6) is -0.568. The molecule has 2 aromatic rings. The van der Waals surface area contributed by atoms with E-state index in [2.05, 4.69) is 6.07 Å². The van der Waals surface area contributed by atoms with Crippen molar-refractivity contribution in [2.24, 2.45) is 5.73 Å². The van der Waals surface area contributed by atoms with Gasteiger partial charge in [-0.15, -0.1) is 0 Å². The van der Waals surface area contributed by atoms with Gasteiger partial charge in [0.2, 0.25) is 5.88 Å². The van der Waals surface area contributed by atoms with Gasteiger partial charge in [-0.2, -0.15) is 10.5 Å². The van der Waals surface area contributed by atoms with Crippen molar-refractivity contribution < 1.29 is 4.74 Å². The molecule has 1 atom stereocenters. The summed E-state index contributed by atoms with van der Waals surface area (Å²) in [4.78, 5) is 0. The summed E-state index contributed by atoms with van der Waals surface area (Å²) in [6.45, 7) is 0. The van der Waals surface area contributed by atoms with Crippen molar-refractivity contribution in [2.45, 2.75) is 5.92 Å². The third-order valence-corrected chi connectivity index (χ3v) is 4.52. The van der Waals surface area contributed by atoms with Gasteiger partial charge >= 0.3 is 0 Å². The van der Waals surface area contributed by atoms with Crippen molar-refractivity contribution in [1.82, 2.24) is 0 Å². The largest absolute Gasteiger partial charge is 0.439 e. The maximum absolute atomic E-state index is 9.79. The number of allylic oxidation sites excluding steroid dienone is 2.